The SMILES string of the molecule is COCc1cc(C(=O)N2CCCC(C)(c3ccccc3)C2)n(C)c1. The Morgan fingerprint density at radius 3 is 2.75 bits per heavy atom. The van der Waals surface area contributed by atoms with Gasteiger partial charge in [-0.15, -0.1) is 0 Å². The first-order valence-electron chi connectivity index (χ1n) is 8.52. The maximum atomic E-state index is 13.0. The number of aryl methyl sites for hydroxylation is 1. The fourth-order valence-electron chi connectivity index (χ4n) is 3.74. The van der Waals surface area contributed by atoms with Gasteiger partial charge in [0.25, 0.3) is 5.91 Å². The van der Waals surface area contributed by atoms with Crippen LogP contribution in [0.3, 0.4) is 0 Å². The second kappa shape index (κ2) is 6.81. The van der Waals surface area contributed by atoms with E-state index in [1.807, 2.05) is 34.8 Å². The monoisotopic (exact) mass is 326 g/mol. The summed E-state index contributed by atoms with van der Waals surface area (Å²) in [6, 6.07) is 12.5. The van der Waals surface area contributed by atoms with Crippen LogP contribution in [0.1, 0.15) is 41.4 Å². The summed E-state index contributed by atoms with van der Waals surface area (Å²) in [6.07, 6.45) is 4.12. The van der Waals surface area contributed by atoms with Crippen molar-refractivity contribution in [2.45, 2.75) is 31.8 Å². The summed E-state index contributed by atoms with van der Waals surface area (Å²) in [5, 5.41) is 0. The van der Waals surface area contributed by atoms with Crippen molar-refractivity contribution in [3.63, 3.8) is 0 Å². The maximum Gasteiger partial charge on any atom is 0.270 e. The van der Waals surface area contributed by atoms with E-state index < -0.39 is 0 Å². The predicted octanol–water partition coefficient (Wildman–Crippen LogP) is 3.37. The summed E-state index contributed by atoms with van der Waals surface area (Å²) in [6.45, 7) is 4.39. The molecule has 0 bridgehead atoms. The van der Waals surface area contributed by atoms with Gasteiger partial charge in [-0.1, -0.05) is 37.3 Å². The van der Waals surface area contributed by atoms with E-state index >= 15 is 0 Å². The standard InChI is InChI=1S/C20H26N2O2/c1-20(17-8-5-4-6-9-17)10-7-11-22(15-20)19(23)18-12-16(14-24-3)13-21(18)2/h4-6,8-9,12-13H,7,10-11,14-15H2,1-3H3. The molecule has 24 heavy (non-hydrogen) atoms. The lowest BCUT2D eigenvalue weighted by Gasteiger charge is -2.41. The summed E-state index contributed by atoms with van der Waals surface area (Å²) >= 11 is 0. The first-order valence-corrected chi connectivity index (χ1v) is 8.52. The van der Waals surface area contributed by atoms with E-state index in [9.17, 15) is 4.79 Å². The highest BCUT2D eigenvalue weighted by atomic mass is 16.5. The van der Waals surface area contributed by atoms with Crippen molar-refractivity contribution in [3.8, 4) is 0 Å². The second-order valence-electron chi connectivity index (χ2n) is 7.03. The Balaban J connectivity index is 1.81. The van der Waals surface area contributed by atoms with Gasteiger partial charge >= 0.3 is 0 Å². The number of aromatic nitrogens is 1. The largest absolute Gasteiger partial charge is 0.380 e. The van der Waals surface area contributed by atoms with Crippen molar-refractivity contribution < 1.29 is 9.53 Å². The van der Waals surface area contributed by atoms with Gasteiger partial charge in [0.2, 0.25) is 0 Å². The molecule has 0 radical (unpaired) electrons. The van der Waals surface area contributed by atoms with Crippen LogP contribution in [0.4, 0.5) is 0 Å². The first kappa shape index (κ1) is 16.8. The van der Waals surface area contributed by atoms with Crippen LogP contribution in [0.15, 0.2) is 42.6 Å². The minimum absolute atomic E-state index is 0.0235. The first-order chi connectivity index (χ1) is 11.5. The number of hydrogen-bond donors (Lipinski definition) is 0. The van der Waals surface area contributed by atoms with Crippen LogP contribution >= 0.6 is 0 Å². The molecule has 1 aliphatic heterocycles. The van der Waals surface area contributed by atoms with E-state index in [4.69, 9.17) is 4.74 Å². The lowest BCUT2D eigenvalue weighted by atomic mass is 9.76. The van der Waals surface area contributed by atoms with E-state index in [1.54, 1.807) is 7.11 Å². The molecule has 0 N–H and O–H groups in total. The highest BCUT2D eigenvalue weighted by Gasteiger charge is 2.35. The summed E-state index contributed by atoms with van der Waals surface area (Å²) in [7, 11) is 3.59. The summed E-state index contributed by atoms with van der Waals surface area (Å²) in [4.78, 5) is 15.0. The van der Waals surface area contributed by atoms with E-state index in [1.165, 1.54) is 5.56 Å². The molecule has 1 atom stereocenters. The van der Waals surface area contributed by atoms with Crippen molar-refractivity contribution in [1.29, 1.82) is 0 Å². The lowest BCUT2D eigenvalue weighted by Crippen LogP contribution is -2.47. The number of methoxy groups -OCH3 is 1. The molecule has 1 unspecified atom stereocenters. The molecule has 2 aromatic rings. The average molecular weight is 326 g/mol. The Morgan fingerprint density at radius 1 is 1.29 bits per heavy atom. The highest BCUT2D eigenvalue weighted by molar-refractivity contribution is 5.93. The maximum absolute atomic E-state index is 13.0. The molecule has 1 aromatic heterocycles. The van der Waals surface area contributed by atoms with Crippen molar-refractivity contribution in [3.05, 3.63) is 59.4 Å². The molecule has 1 aliphatic rings. The van der Waals surface area contributed by atoms with Gasteiger partial charge in [-0.3, -0.25) is 4.79 Å². The fourth-order valence-corrected chi connectivity index (χ4v) is 3.74. The second-order valence-corrected chi connectivity index (χ2v) is 7.03. The number of benzene rings is 1. The summed E-state index contributed by atoms with van der Waals surface area (Å²) in [5.41, 5.74) is 3.11. The Bertz CT molecular complexity index is 708. The lowest BCUT2D eigenvalue weighted by molar-refractivity contribution is 0.0641. The zero-order valence-corrected chi connectivity index (χ0v) is 14.8. The number of carbonyl (C=O) groups excluding carboxylic acids is 1. The van der Waals surface area contributed by atoms with Crippen molar-refractivity contribution >= 4 is 5.91 Å². The molecular weight excluding hydrogens is 300 g/mol. The zero-order valence-electron chi connectivity index (χ0n) is 14.8. The number of carbonyl (C=O) groups is 1. The van der Waals surface area contributed by atoms with Gasteiger partial charge < -0.3 is 14.2 Å². The zero-order chi connectivity index (χ0) is 17.2. The number of likely N-dealkylation sites (tertiary alicyclic amines) is 1. The molecule has 1 saturated heterocycles. The number of nitrogens with zero attached hydrogens (tertiary/aromatic N) is 2. The number of ether oxygens (including phenoxy) is 1. The topological polar surface area (TPSA) is 34.5 Å². The highest BCUT2D eigenvalue weighted by Crippen LogP contribution is 2.34. The Kier molecular flexibility index (Phi) is 4.76. The van der Waals surface area contributed by atoms with Crippen LogP contribution in [0.25, 0.3) is 0 Å². The molecule has 4 nitrogen and oxygen atoms in total. The Hall–Kier alpha value is -2.07. The quantitative estimate of drug-likeness (QED) is 0.863. The molecule has 1 amide bonds. The smallest absolute Gasteiger partial charge is 0.270 e. The third kappa shape index (κ3) is 3.24. The van der Waals surface area contributed by atoms with Gasteiger partial charge in [0, 0.05) is 38.9 Å². The van der Waals surface area contributed by atoms with E-state index in [0.29, 0.717) is 6.61 Å². The molecule has 3 rings (SSSR count). The van der Waals surface area contributed by atoms with Gasteiger partial charge in [-0.25, -0.2) is 0 Å². The van der Waals surface area contributed by atoms with Crippen molar-refractivity contribution in [2.75, 3.05) is 20.2 Å². The van der Waals surface area contributed by atoms with Crippen LogP contribution in [0, 0.1) is 0 Å². The normalized spacial score (nSPS) is 21.0. The number of rotatable bonds is 4. The van der Waals surface area contributed by atoms with Crippen molar-refractivity contribution in [1.82, 2.24) is 9.47 Å². The third-order valence-corrected chi connectivity index (χ3v) is 5.05. The fraction of sp³-hybridized carbons (Fsp3) is 0.450. The van der Waals surface area contributed by atoms with Crippen LogP contribution in [0.5, 0.6) is 0 Å². The molecule has 1 fully saturated rings. The Labute approximate surface area is 144 Å². The molecule has 2 heterocycles. The molecule has 0 spiro atoms. The van der Waals surface area contributed by atoms with Gasteiger partial charge in [0.05, 0.1) is 6.61 Å². The van der Waals surface area contributed by atoms with Crippen LogP contribution < -0.4 is 0 Å². The molecule has 4 heteroatoms. The van der Waals surface area contributed by atoms with Gasteiger partial charge in [-0.2, -0.15) is 0 Å². The van der Waals surface area contributed by atoms with E-state index in [2.05, 4.69) is 31.2 Å². The summed E-state index contributed by atoms with van der Waals surface area (Å²) < 4.78 is 7.08. The molecular formula is C20H26N2O2. The number of hydrogen-bond acceptors (Lipinski definition) is 2. The van der Waals surface area contributed by atoms with Crippen molar-refractivity contribution in [2.24, 2.45) is 7.05 Å². The number of piperidine rings is 1. The summed E-state index contributed by atoms with van der Waals surface area (Å²) in [5.74, 6) is 0.113. The minimum Gasteiger partial charge on any atom is -0.380 e. The third-order valence-electron chi connectivity index (χ3n) is 5.05. The van der Waals surface area contributed by atoms with Gasteiger partial charge in [0.1, 0.15) is 5.69 Å². The molecule has 1 aromatic carbocycles. The number of amides is 1. The van der Waals surface area contributed by atoms with Crippen LogP contribution in [-0.2, 0) is 23.8 Å². The van der Waals surface area contributed by atoms with Gasteiger partial charge in [0.15, 0.2) is 0 Å². The van der Waals surface area contributed by atoms with E-state index in [-0.39, 0.29) is 11.3 Å². The van der Waals surface area contributed by atoms with Gasteiger partial charge in [-0.05, 0) is 30.0 Å². The predicted molar refractivity (Wildman–Crippen MR) is 95.1 cm³/mol. The van der Waals surface area contributed by atoms with E-state index in [0.717, 1.165) is 37.2 Å². The molecule has 128 valence electrons. The molecule has 0 aliphatic carbocycles. The molecule has 0 saturated carbocycles. The average Bonchev–Trinajstić information content (AvgIpc) is 2.96. The minimum atomic E-state index is 0.0235. The van der Waals surface area contributed by atoms with Crippen LogP contribution in [-0.4, -0.2) is 35.6 Å². The van der Waals surface area contributed by atoms with Crippen LogP contribution in [0.2, 0.25) is 0 Å². The Morgan fingerprint density at radius 2 is 2.04 bits per heavy atom.